The van der Waals surface area contributed by atoms with E-state index in [1.165, 1.54) is 0 Å². The zero-order valence-electron chi connectivity index (χ0n) is 13.9. The van der Waals surface area contributed by atoms with Crippen LogP contribution >= 0.6 is 0 Å². The second kappa shape index (κ2) is 6.55. The van der Waals surface area contributed by atoms with Crippen LogP contribution in [0.2, 0.25) is 0 Å². The van der Waals surface area contributed by atoms with Crippen molar-refractivity contribution in [1.29, 1.82) is 0 Å². The topological polar surface area (TPSA) is 66.0 Å². The Morgan fingerprint density at radius 1 is 1.16 bits per heavy atom. The fraction of sp³-hybridized carbons (Fsp3) is 0.316. The molecule has 25 heavy (non-hydrogen) atoms. The lowest BCUT2D eigenvalue weighted by molar-refractivity contribution is -0.127. The van der Waals surface area contributed by atoms with Gasteiger partial charge in [-0.05, 0) is 25.1 Å². The van der Waals surface area contributed by atoms with Crippen LogP contribution in [0.5, 0.6) is 23.0 Å². The van der Waals surface area contributed by atoms with Gasteiger partial charge in [0.2, 0.25) is 6.79 Å². The molecule has 2 atom stereocenters. The minimum absolute atomic E-state index is 0.165. The number of hydrogen-bond acceptors (Lipinski definition) is 5. The Hall–Kier alpha value is -2.89. The van der Waals surface area contributed by atoms with Crippen LogP contribution in [0.15, 0.2) is 42.5 Å². The van der Waals surface area contributed by atoms with Gasteiger partial charge in [0.15, 0.2) is 17.6 Å². The summed E-state index contributed by atoms with van der Waals surface area (Å²) >= 11 is 0. The summed E-state index contributed by atoms with van der Waals surface area (Å²) in [5.74, 6) is 2.78. The largest absolute Gasteiger partial charge is 0.493 e. The van der Waals surface area contributed by atoms with Gasteiger partial charge in [0.05, 0.1) is 6.61 Å². The lowest BCUT2D eigenvalue weighted by atomic mass is 10.0. The minimum Gasteiger partial charge on any atom is -0.493 e. The fourth-order valence-corrected chi connectivity index (χ4v) is 2.97. The molecule has 0 saturated carbocycles. The number of fused-ring (bicyclic) bond motifs is 2. The van der Waals surface area contributed by atoms with Gasteiger partial charge in [0, 0.05) is 24.1 Å². The SMILES string of the molecule is C[C@H](Oc1ccc2c(c1)OCO2)C(=O)NC[C@H]1COc2ccccc21. The molecule has 0 saturated heterocycles. The van der Waals surface area contributed by atoms with Crippen molar-refractivity contribution in [3.8, 4) is 23.0 Å². The molecule has 1 N–H and O–H groups in total. The van der Waals surface area contributed by atoms with E-state index in [4.69, 9.17) is 18.9 Å². The minimum atomic E-state index is -0.613. The number of nitrogens with one attached hydrogen (secondary N) is 1. The van der Waals surface area contributed by atoms with Crippen LogP contribution in [0.4, 0.5) is 0 Å². The molecule has 0 aliphatic carbocycles. The van der Waals surface area contributed by atoms with Crippen LogP contribution in [0, 0.1) is 0 Å². The van der Waals surface area contributed by atoms with Gasteiger partial charge in [0.25, 0.3) is 5.91 Å². The van der Waals surface area contributed by atoms with Gasteiger partial charge in [-0.25, -0.2) is 0 Å². The molecule has 0 fully saturated rings. The summed E-state index contributed by atoms with van der Waals surface area (Å²) in [5, 5.41) is 2.94. The summed E-state index contributed by atoms with van der Waals surface area (Å²) < 4.78 is 21.9. The van der Waals surface area contributed by atoms with Crippen molar-refractivity contribution >= 4 is 5.91 Å². The van der Waals surface area contributed by atoms with Crippen LogP contribution < -0.4 is 24.3 Å². The fourth-order valence-electron chi connectivity index (χ4n) is 2.97. The molecule has 2 aliphatic heterocycles. The van der Waals surface area contributed by atoms with Crippen molar-refractivity contribution < 1.29 is 23.7 Å². The van der Waals surface area contributed by atoms with E-state index in [9.17, 15) is 4.79 Å². The smallest absolute Gasteiger partial charge is 0.260 e. The van der Waals surface area contributed by atoms with Crippen LogP contribution in [-0.2, 0) is 4.79 Å². The van der Waals surface area contributed by atoms with Crippen molar-refractivity contribution in [2.75, 3.05) is 19.9 Å². The van der Waals surface area contributed by atoms with E-state index in [1.807, 2.05) is 24.3 Å². The van der Waals surface area contributed by atoms with E-state index in [1.54, 1.807) is 25.1 Å². The van der Waals surface area contributed by atoms with Crippen molar-refractivity contribution in [2.24, 2.45) is 0 Å². The van der Waals surface area contributed by atoms with E-state index in [0.717, 1.165) is 11.3 Å². The molecule has 0 aromatic heterocycles. The quantitative estimate of drug-likeness (QED) is 0.905. The highest BCUT2D eigenvalue weighted by atomic mass is 16.7. The Kier molecular flexibility index (Phi) is 4.09. The van der Waals surface area contributed by atoms with Gasteiger partial charge in [-0.15, -0.1) is 0 Å². The molecule has 2 heterocycles. The zero-order chi connectivity index (χ0) is 17.2. The first-order valence-electron chi connectivity index (χ1n) is 8.26. The molecule has 0 radical (unpaired) electrons. The molecular weight excluding hydrogens is 322 g/mol. The van der Waals surface area contributed by atoms with Gasteiger partial charge >= 0.3 is 0 Å². The highest BCUT2D eigenvalue weighted by Gasteiger charge is 2.25. The summed E-state index contributed by atoms with van der Waals surface area (Å²) in [6.45, 7) is 3.03. The maximum absolute atomic E-state index is 12.3. The number of hydrogen-bond donors (Lipinski definition) is 1. The van der Waals surface area contributed by atoms with Crippen LogP contribution in [-0.4, -0.2) is 32.0 Å². The zero-order valence-corrected chi connectivity index (χ0v) is 13.9. The lowest BCUT2D eigenvalue weighted by Crippen LogP contribution is -2.38. The molecule has 2 aliphatic rings. The number of carbonyl (C=O) groups excluding carboxylic acids is 1. The first kappa shape index (κ1) is 15.6. The maximum atomic E-state index is 12.3. The van der Waals surface area contributed by atoms with Crippen molar-refractivity contribution in [2.45, 2.75) is 18.9 Å². The highest BCUT2D eigenvalue weighted by molar-refractivity contribution is 5.80. The van der Waals surface area contributed by atoms with Gasteiger partial charge in [-0.2, -0.15) is 0 Å². The second-order valence-electron chi connectivity index (χ2n) is 6.07. The van der Waals surface area contributed by atoms with Crippen LogP contribution in [0.25, 0.3) is 0 Å². The Morgan fingerprint density at radius 3 is 2.92 bits per heavy atom. The predicted molar refractivity (Wildman–Crippen MR) is 90.3 cm³/mol. The average Bonchev–Trinajstić information content (AvgIpc) is 3.26. The number of amides is 1. The van der Waals surface area contributed by atoms with Crippen LogP contribution in [0.3, 0.4) is 0 Å². The Balaban J connectivity index is 1.32. The molecule has 0 spiro atoms. The van der Waals surface area contributed by atoms with Gasteiger partial charge in [-0.1, -0.05) is 18.2 Å². The van der Waals surface area contributed by atoms with E-state index < -0.39 is 6.10 Å². The number of para-hydroxylation sites is 1. The monoisotopic (exact) mass is 341 g/mol. The normalized spacial score (nSPS) is 18.2. The number of rotatable bonds is 5. The van der Waals surface area contributed by atoms with Crippen molar-refractivity contribution in [1.82, 2.24) is 5.32 Å². The summed E-state index contributed by atoms with van der Waals surface area (Å²) in [5.41, 5.74) is 1.13. The Bertz CT molecular complexity index is 791. The first-order valence-corrected chi connectivity index (χ1v) is 8.26. The third-order valence-electron chi connectivity index (χ3n) is 4.35. The van der Waals surface area contributed by atoms with E-state index in [2.05, 4.69) is 5.32 Å². The third kappa shape index (κ3) is 3.20. The second-order valence-corrected chi connectivity index (χ2v) is 6.07. The van der Waals surface area contributed by atoms with Crippen molar-refractivity contribution in [3.05, 3.63) is 48.0 Å². The number of benzene rings is 2. The Morgan fingerprint density at radius 2 is 2.00 bits per heavy atom. The summed E-state index contributed by atoms with van der Waals surface area (Å²) in [6.07, 6.45) is -0.613. The van der Waals surface area contributed by atoms with E-state index in [-0.39, 0.29) is 18.6 Å². The van der Waals surface area contributed by atoms with E-state index in [0.29, 0.717) is 30.4 Å². The molecular formula is C19H19NO5. The number of ether oxygens (including phenoxy) is 4. The Labute approximate surface area is 145 Å². The molecule has 1 amide bonds. The summed E-state index contributed by atoms with van der Waals surface area (Å²) in [6, 6.07) is 13.2. The summed E-state index contributed by atoms with van der Waals surface area (Å²) in [4.78, 5) is 12.3. The molecule has 6 heteroatoms. The molecule has 0 unspecified atom stereocenters. The highest BCUT2D eigenvalue weighted by Crippen LogP contribution is 2.35. The van der Waals surface area contributed by atoms with Crippen LogP contribution in [0.1, 0.15) is 18.4 Å². The van der Waals surface area contributed by atoms with Crippen molar-refractivity contribution in [3.63, 3.8) is 0 Å². The molecule has 6 nitrogen and oxygen atoms in total. The molecule has 0 bridgehead atoms. The molecule has 2 aromatic rings. The van der Waals surface area contributed by atoms with Gasteiger partial charge < -0.3 is 24.3 Å². The lowest BCUT2D eigenvalue weighted by Gasteiger charge is -2.16. The predicted octanol–water partition coefficient (Wildman–Crippen LogP) is 2.48. The van der Waals surface area contributed by atoms with Gasteiger partial charge in [0.1, 0.15) is 11.5 Å². The summed E-state index contributed by atoms with van der Waals surface area (Å²) in [7, 11) is 0. The third-order valence-corrected chi connectivity index (χ3v) is 4.35. The number of carbonyl (C=O) groups is 1. The first-order chi connectivity index (χ1) is 12.2. The standard InChI is InChI=1S/C19H19NO5/c1-12(25-14-6-7-17-18(8-14)24-11-23-17)19(21)20-9-13-10-22-16-5-3-2-4-15(13)16/h2-8,12-13H,9-11H2,1H3,(H,20,21)/t12-,13-/m0/s1. The van der Waals surface area contributed by atoms with Gasteiger partial charge in [-0.3, -0.25) is 4.79 Å². The molecule has 130 valence electrons. The maximum Gasteiger partial charge on any atom is 0.260 e. The average molecular weight is 341 g/mol. The molecule has 2 aromatic carbocycles. The molecule has 4 rings (SSSR count). The van der Waals surface area contributed by atoms with E-state index >= 15 is 0 Å².